The van der Waals surface area contributed by atoms with Gasteiger partial charge in [-0.05, 0) is 42.5 Å². The van der Waals surface area contributed by atoms with Crippen LogP contribution in [0.5, 0.6) is 5.75 Å². The van der Waals surface area contributed by atoms with E-state index in [4.69, 9.17) is 4.74 Å². The maximum absolute atomic E-state index is 12.3. The maximum Gasteiger partial charge on any atom is 0.256 e. The first-order valence-corrected chi connectivity index (χ1v) is 8.16. The predicted molar refractivity (Wildman–Crippen MR) is 98.2 cm³/mol. The molecule has 0 aliphatic rings. The number of carbonyl (C=O) groups excluding carboxylic acids is 1. The Bertz CT molecular complexity index is 1010. The number of imidazole rings is 1. The molecule has 26 heavy (non-hydrogen) atoms. The summed E-state index contributed by atoms with van der Waals surface area (Å²) in [5.74, 6) is 0.881. The Morgan fingerprint density at radius 1 is 1.08 bits per heavy atom. The highest BCUT2D eigenvalue weighted by atomic mass is 16.5. The van der Waals surface area contributed by atoms with Crippen LogP contribution in [0.3, 0.4) is 0 Å². The second-order valence-electron chi connectivity index (χ2n) is 5.68. The van der Waals surface area contributed by atoms with Crippen LogP contribution in [0.2, 0.25) is 0 Å². The van der Waals surface area contributed by atoms with Gasteiger partial charge in [0.05, 0.1) is 5.69 Å². The molecule has 1 aromatic carbocycles. The molecule has 6 nitrogen and oxygen atoms in total. The number of benzene rings is 1. The van der Waals surface area contributed by atoms with Crippen LogP contribution in [-0.4, -0.2) is 20.3 Å². The number of anilines is 1. The average molecular weight is 344 g/mol. The van der Waals surface area contributed by atoms with Gasteiger partial charge in [-0.1, -0.05) is 18.2 Å². The number of nitrogens with zero attached hydrogens (tertiary/aromatic N) is 3. The third-order valence-corrected chi connectivity index (χ3v) is 3.80. The smallest absolute Gasteiger partial charge is 0.256 e. The van der Waals surface area contributed by atoms with Gasteiger partial charge in [0.1, 0.15) is 23.8 Å². The van der Waals surface area contributed by atoms with Crippen molar-refractivity contribution in [3.05, 3.63) is 90.5 Å². The van der Waals surface area contributed by atoms with Crippen LogP contribution in [0.15, 0.2) is 79.3 Å². The topological polar surface area (TPSA) is 68.5 Å². The minimum atomic E-state index is -0.234. The molecule has 3 aromatic heterocycles. The molecule has 128 valence electrons. The lowest BCUT2D eigenvalue weighted by Gasteiger charge is -2.07. The Labute approximate surface area is 150 Å². The summed E-state index contributed by atoms with van der Waals surface area (Å²) in [5, 5.41) is 2.76. The standard InChI is InChI=1S/C20H16N4O2/c25-20(23-18-8-1-3-10-21-18)15-6-5-7-17(12-15)26-14-16-13-24-11-4-2-9-19(24)22-16/h1-13H,14H2,(H,21,23,25). The van der Waals surface area contributed by atoms with E-state index in [-0.39, 0.29) is 5.91 Å². The molecule has 0 atom stereocenters. The summed E-state index contributed by atoms with van der Waals surface area (Å²) < 4.78 is 7.73. The summed E-state index contributed by atoms with van der Waals surface area (Å²) in [6, 6.07) is 18.2. The highest BCUT2D eigenvalue weighted by molar-refractivity contribution is 6.03. The van der Waals surface area contributed by atoms with E-state index in [9.17, 15) is 4.79 Å². The zero-order chi connectivity index (χ0) is 17.8. The van der Waals surface area contributed by atoms with Crippen LogP contribution in [-0.2, 0) is 6.61 Å². The number of hydrogen-bond donors (Lipinski definition) is 1. The molecule has 4 rings (SSSR count). The van der Waals surface area contributed by atoms with Crippen LogP contribution < -0.4 is 10.1 Å². The van der Waals surface area contributed by atoms with E-state index in [1.54, 1.807) is 36.5 Å². The Kier molecular flexibility index (Phi) is 4.30. The number of amides is 1. The van der Waals surface area contributed by atoms with Crippen molar-refractivity contribution in [2.75, 3.05) is 5.32 Å². The SMILES string of the molecule is O=C(Nc1ccccn1)c1cccc(OCc2cn3ccccc3n2)c1. The van der Waals surface area contributed by atoms with Crippen molar-refractivity contribution >= 4 is 17.4 Å². The van der Waals surface area contributed by atoms with Crippen molar-refractivity contribution in [3.63, 3.8) is 0 Å². The largest absolute Gasteiger partial charge is 0.487 e. The average Bonchev–Trinajstić information content (AvgIpc) is 3.10. The Morgan fingerprint density at radius 3 is 2.85 bits per heavy atom. The van der Waals surface area contributed by atoms with E-state index in [0.717, 1.165) is 11.3 Å². The van der Waals surface area contributed by atoms with Crippen LogP contribution >= 0.6 is 0 Å². The Balaban J connectivity index is 1.44. The quantitative estimate of drug-likeness (QED) is 0.601. The van der Waals surface area contributed by atoms with Crippen molar-refractivity contribution in [3.8, 4) is 5.75 Å². The summed E-state index contributed by atoms with van der Waals surface area (Å²) in [6.45, 7) is 0.326. The molecular weight excluding hydrogens is 328 g/mol. The number of rotatable bonds is 5. The number of pyridine rings is 2. The molecule has 4 aromatic rings. The van der Waals surface area contributed by atoms with Gasteiger partial charge in [-0.2, -0.15) is 0 Å². The minimum Gasteiger partial charge on any atom is -0.487 e. The molecular formula is C20H16N4O2. The van der Waals surface area contributed by atoms with Gasteiger partial charge >= 0.3 is 0 Å². The fourth-order valence-electron chi connectivity index (χ4n) is 2.57. The number of carbonyl (C=O) groups is 1. The summed E-state index contributed by atoms with van der Waals surface area (Å²) in [4.78, 5) is 20.9. The number of fused-ring (bicyclic) bond motifs is 1. The normalized spacial score (nSPS) is 10.6. The van der Waals surface area contributed by atoms with Gasteiger partial charge in [0.25, 0.3) is 5.91 Å². The number of nitrogens with one attached hydrogen (secondary N) is 1. The summed E-state index contributed by atoms with van der Waals surface area (Å²) >= 11 is 0. The van der Waals surface area contributed by atoms with Gasteiger partial charge in [0, 0.05) is 24.2 Å². The molecule has 0 fully saturated rings. The lowest BCUT2D eigenvalue weighted by molar-refractivity contribution is 0.102. The molecule has 0 saturated heterocycles. The number of hydrogen-bond acceptors (Lipinski definition) is 4. The van der Waals surface area contributed by atoms with Gasteiger partial charge in [-0.25, -0.2) is 9.97 Å². The zero-order valence-corrected chi connectivity index (χ0v) is 13.9. The third kappa shape index (κ3) is 3.54. The lowest BCUT2D eigenvalue weighted by atomic mass is 10.2. The lowest BCUT2D eigenvalue weighted by Crippen LogP contribution is -2.12. The maximum atomic E-state index is 12.3. The van der Waals surface area contributed by atoms with E-state index in [2.05, 4.69) is 15.3 Å². The first kappa shape index (κ1) is 15.8. The molecule has 0 radical (unpaired) electrons. The zero-order valence-electron chi connectivity index (χ0n) is 13.9. The van der Waals surface area contributed by atoms with Crippen LogP contribution in [0.1, 0.15) is 16.1 Å². The van der Waals surface area contributed by atoms with E-state index in [0.29, 0.717) is 23.7 Å². The molecule has 0 spiro atoms. The molecule has 0 bridgehead atoms. The third-order valence-electron chi connectivity index (χ3n) is 3.80. The summed E-state index contributed by atoms with van der Waals surface area (Å²) in [6.07, 6.45) is 5.49. The Morgan fingerprint density at radius 2 is 2.00 bits per heavy atom. The van der Waals surface area contributed by atoms with Gasteiger partial charge in [0.2, 0.25) is 0 Å². The van der Waals surface area contributed by atoms with E-state index < -0.39 is 0 Å². The number of ether oxygens (including phenoxy) is 1. The van der Waals surface area contributed by atoms with Gasteiger partial charge in [0.15, 0.2) is 0 Å². The highest BCUT2D eigenvalue weighted by Gasteiger charge is 2.08. The monoisotopic (exact) mass is 344 g/mol. The second kappa shape index (κ2) is 7.06. The first-order chi connectivity index (χ1) is 12.8. The minimum absolute atomic E-state index is 0.234. The van der Waals surface area contributed by atoms with Crippen LogP contribution in [0, 0.1) is 0 Å². The first-order valence-electron chi connectivity index (χ1n) is 8.16. The Hall–Kier alpha value is -3.67. The molecule has 3 heterocycles. The molecule has 1 amide bonds. The van der Waals surface area contributed by atoms with Crippen LogP contribution in [0.4, 0.5) is 5.82 Å². The van der Waals surface area contributed by atoms with Gasteiger partial charge in [-0.15, -0.1) is 0 Å². The fourth-order valence-corrected chi connectivity index (χ4v) is 2.57. The van der Waals surface area contributed by atoms with Crippen molar-refractivity contribution in [2.45, 2.75) is 6.61 Å². The second-order valence-corrected chi connectivity index (χ2v) is 5.68. The molecule has 0 unspecified atom stereocenters. The van der Waals surface area contributed by atoms with Gasteiger partial charge in [-0.3, -0.25) is 4.79 Å². The molecule has 0 saturated carbocycles. The molecule has 6 heteroatoms. The predicted octanol–water partition coefficient (Wildman–Crippen LogP) is 3.56. The molecule has 1 N–H and O–H groups in total. The van der Waals surface area contributed by atoms with Crippen molar-refractivity contribution in [1.29, 1.82) is 0 Å². The van der Waals surface area contributed by atoms with Gasteiger partial charge < -0.3 is 14.5 Å². The van der Waals surface area contributed by atoms with Crippen molar-refractivity contribution in [1.82, 2.24) is 14.4 Å². The molecule has 0 aliphatic carbocycles. The van der Waals surface area contributed by atoms with E-state index in [1.165, 1.54) is 0 Å². The number of aromatic nitrogens is 3. The highest BCUT2D eigenvalue weighted by Crippen LogP contribution is 2.16. The van der Waals surface area contributed by atoms with Crippen LogP contribution in [0.25, 0.3) is 5.65 Å². The van der Waals surface area contributed by atoms with Crippen molar-refractivity contribution in [2.24, 2.45) is 0 Å². The molecule has 0 aliphatic heterocycles. The summed E-state index contributed by atoms with van der Waals surface area (Å²) in [5.41, 5.74) is 2.19. The van der Waals surface area contributed by atoms with Crippen molar-refractivity contribution < 1.29 is 9.53 Å². The van der Waals surface area contributed by atoms with E-state index in [1.807, 2.05) is 47.1 Å². The van der Waals surface area contributed by atoms with E-state index >= 15 is 0 Å². The fraction of sp³-hybridized carbons (Fsp3) is 0.0500. The summed E-state index contributed by atoms with van der Waals surface area (Å²) in [7, 11) is 0.